The van der Waals surface area contributed by atoms with Gasteiger partial charge in [0.15, 0.2) is 11.6 Å². The van der Waals surface area contributed by atoms with Crippen molar-refractivity contribution in [1.82, 2.24) is 4.98 Å². The Balaban J connectivity index is 2.52. The van der Waals surface area contributed by atoms with E-state index in [2.05, 4.69) is 11.6 Å². The predicted molar refractivity (Wildman–Crippen MR) is 81.5 cm³/mol. The summed E-state index contributed by atoms with van der Waals surface area (Å²) in [4.78, 5) is 16.1. The average molecular weight is 319 g/mol. The molecule has 1 heterocycles. The number of aromatic nitrogens is 1. The summed E-state index contributed by atoms with van der Waals surface area (Å²) in [5.41, 5.74) is 0.712. The first-order valence-electron chi connectivity index (χ1n) is 6.90. The first-order chi connectivity index (χ1) is 11.0. The highest BCUT2D eigenvalue weighted by Crippen LogP contribution is 2.31. The number of pyridine rings is 1. The molecule has 120 valence electrons. The van der Waals surface area contributed by atoms with E-state index >= 15 is 0 Å². The molecule has 0 amide bonds. The number of benzene rings is 1. The second-order valence-electron chi connectivity index (χ2n) is 4.64. The van der Waals surface area contributed by atoms with Crippen LogP contribution in [0.15, 0.2) is 31.0 Å². The molecule has 0 unspecified atom stereocenters. The Labute approximate surface area is 132 Å². The van der Waals surface area contributed by atoms with Crippen molar-refractivity contribution in [2.24, 2.45) is 0 Å². The number of rotatable bonds is 5. The lowest BCUT2D eigenvalue weighted by Gasteiger charge is -2.13. The van der Waals surface area contributed by atoms with Gasteiger partial charge in [0.25, 0.3) is 0 Å². The smallest absolute Gasteiger partial charge is 0.344 e. The van der Waals surface area contributed by atoms with Crippen molar-refractivity contribution in [2.75, 3.05) is 6.61 Å². The Morgan fingerprint density at radius 3 is 2.74 bits per heavy atom. The van der Waals surface area contributed by atoms with Gasteiger partial charge in [-0.15, -0.1) is 0 Å². The molecule has 0 aliphatic rings. The zero-order valence-corrected chi connectivity index (χ0v) is 12.7. The van der Waals surface area contributed by atoms with Crippen molar-refractivity contribution in [1.29, 1.82) is 0 Å². The van der Waals surface area contributed by atoms with Crippen LogP contribution in [0.25, 0.3) is 6.08 Å². The maximum absolute atomic E-state index is 13.9. The van der Waals surface area contributed by atoms with E-state index in [-0.39, 0.29) is 29.4 Å². The summed E-state index contributed by atoms with van der Waals surface area (Å²) in [6, 6.07) is 3.38. The minimum atomic E-state index is -0.886. The van der Waals surface area contributed by atoms with Crippen molar-refractivity contribution < 1.29 is 23.0 Å². The SMILES string of the molecule is C=Cc1ccnc(Oc2c(C)cc(F)cc2F)c1C(=O)OCC. The fourth-order valence-corrected chi connectivity index (χ4v) is 2.03. The van der Waals surface area contributed by atoms with Crippen molar-refractivity contribution in [3.63, 3.8) is 0 Å². The molecule has 0 saturated heterocycles. The molecule has 0 radical (unpaired) electrons. The van der Waals surface area contributed by atoms with E-state index < -0.39 is 17.6 Å². The highest BCUT2D eigenvalue weighted by atomic mass is 19.1. The van der Waals surface area contributed by atoms with Crippen LogP contribution in [0.2, 0.25) is 0 Å². The molecule has 0 N–H and O–H groups in total. The summed E-state index contributed by atoms with van der Waals surface area (Å²) in [7, 11) is 0. The van der Waals surface area contributed by atoms with Gasteiger partial charge in [-0.05, 0) is 37.1 Å². The van der Waals surface area contributed by atoms with Crippen LogP contribution < -0.4 is 4.74 Å². The maximum Gasteiger partial charge on any atom is 0.344 e. The lowest BCUT2D eigenvalue weighted by Crippen LogP contribution is -2.10. The van der Waals surface area contributed by atoms with Crippen molar-refractivity contribution in [3.05, 3.63) is 59.3 Å². The van der Waals surface area contributed by atoms with E-state index in [1.54, 1.807) is 13.0 Å². The van der Waals surface area contributed by atoms with Crippen molar-refractivity contribution >= 4 is 12.0 Å². The third kappa shape index (κ3) is 3.53. The number of hydrogen-bond acceptors (Lipinski definition) is 4. The predicted octanol–water partition coefficient (Wildman–Crippen LogP) is 4.28. The van der Waals surface area contributed by atoms with E-state index in [9.17, 15) is 13.6 Å². The van der Waals surface area contributed by atoms with Gasteiger partial charge >= 0.3 is 5.97 Å². The third-order valence-electron chi connectivity index (χ3n) is 3.04. The van der Waals surface area contributed by atoms with Gasteiger partial charge in [-0.3, -0.25) is 0 Å². The summed E-state index contributed by atoms with van der Waals surface area (Å²) >= 11 is 0. The van der Waals surface area contributed by atoms with Gasteiger partial charge in [-0.2, -0.15) is 0 Å². The molecule has 0 saturated carbocycles. The van der Waals surface area contributed by atoms with Crippen LogP contribution in [0.5, 0.6) is 11.6 Å². The fraction of sp³-hybridized carbons (Fsp3) is 0.176. The van der Waals surface area contributed by atoms with Gasteiger partial charge in [0, 0.05) is 12.3 Å². The number of halogens is 2. The fourth-order valence-electron chi connectivity index (χ4n) is 2.03. The Kier molecular flexibility index (Phi) is 5.05. The Hall–Kier alpha value is -2.76. The summed E-state index contributed by atoms with van der Waals surface area (Å²) in [5.74, 6) is -2.60. The average Bonchev–Trinajstić information content (AvgIpc) is 2.50. The minimum Gasteiger partial charge on any atom is -0.462 e. The van der Waals surface area contributed by atoms with Gasteiger partial charge in [0.1, 0.15) is 11.4 Å². The second kappa shape index (κ2) is 7.00. The lowest BCUT2D eigenvalue weighted by atomic mass is 10.1. The van der Waals surface area contributed by atoms with Gasteiger partial charge in [-0.1, -0.05) is 12.7 Å². The Morgan fingerprint density at radius 1 is 1.39 bits per heavy atom. The number of esters is 1. The number of aryl methyl sites for hydroxylation is 1. The summed E-state index contributed by atoms with van der Waals surface area (Å²) in [6.07, 6.45) is 2.83. The van der Waals surface area contributed by atoms with Crippen LogP contribution in [0.4, 0.5) is 8.78 Å². The molecule has 6 heteroatoms. The summed E-state index contributed by atoms with van der Waals surface area (Å²) in [5, 5.41) is 0. The molecule has 0 bridgehead atoms. The van der Waals surface area contributed by atoms with Crippen LogP contribution in [-0.2, 0) is 4.74 Å². The lowest BCUT2D eigenvalue weighted by molar-refractivity contribution is 0.0522. The Morgan fingerprint density at radius 2 is 2.13 bits per heavy atom. The highest BCUT2D eigenvalue weighted by molar-refractivity contribution is 5.96. The summed E-state index contributed by atoms with van der Waals surface area (Å²) in [6.45, 7) is 6.92. The maximum atomic E-state index is 13.9. The number of nitrogens with zero attached hydrogens (tertiary/aromatic N) is 1. The topological polar surface area (TPSA) is 48.4 Å². The van der Waals surface area contributed by atoms with Gasteiger partial charge in [0.05, 0.1) is 6.61 Å². The second-order valence-corrected chi connectivity index (χ2v) is 4.64. The first kappa shape index (κ1) is 16.6. The van der Waals surface area contributed by atoms with Crippen LogP contribution in [0, 0.1) is 18.6 Å². The van der Waals surface area contributed by atoms with E-state index in [1.165, 1.54) is 19.2 Å². The number of ether oxygens (including phenoxy) is 2. The van der Waals surface area contributed by atoms with Crippen LogP contribution in [0.1, 0.15) is 28.4 Å². The largest absolute Gasteiger partial charge is 0.462 e. The molecular weight excluding hydrogens is 304 g/mol. The molecule has 0 spiro atoms. The molecule has 1 aromatic carbocycles. The Bertz CT molecular complexity index is 736. The molecule has 0 fully saturated rings. The van der Waals surface area contributed by atoms with E-state index in [0.29, 0.717) is 11.6 Å². The van der Waals surface area contributed by atoms with Crippen molar-refractivity contribution in [3.8, 4) is 11.6 Å². The molecule has 0 aliphatic carbocycles. The molecule has 0 atom stereocenters. The first-order valence-corrected chi connectivity index (χ1v) is 6.90. The molecule has 2 aromatic rings. The van der Waals surface area contributed by atoms with Crippen LogP contribution in [0.3, 0.4) is 0 Å². The van der Waals surface area contributed by atoms with Gasteiger partial charge in [0.2, 0.25) is 5.88 Å². The molecule has 0 aliphatic heterocycles. The molecular formula is C17H15F2NO3. The van der Waals surface area contributed by atoms with E-state index in [1.807, 2.05) is 0 Å². The minimum absolute atomic E-state index is 0.0347. The van der Waals surface area contributed by atoms with Gasteiger partial charge < -0.3 is 9.47 Å². The molecule has 4 nitrogen and oxygen atoms in total. The third-order valence-corrected chi connectivity index (χ3v) is 3.04. The quantitative estimate of drug-likeness (QED) is 0.772. The van der Waals surface area contributed by atoms with E-state index in [4.69, 9.17) is 9.47 Å². The monoisotopic (exact) mass is 319 g/mol. The standard InChI is InChI=1S/C17H15F2NO3/c1-4-11-6-7-20-16(14(11)17(21)22-5-2)23-15-10(3)8-12(18)9-13(15)19/h4,6-9H,1,5H2,2-3H3. The zero-order valence-electron chi connectivity index (χ0n) is 12.7. The van der Waals surface area contributed by atoms with E-state index in [0.717, 1.165) is 6.07 Å². The normalized spacial score (nSPS) is 10.3. The van der Waals surface area contributed by atoms with Crippen molar-refractivity contribution in [2.45, 2.75) is 13.8 Å². The number of carbonyl (C=O) groups excluding carboxylic acids is 1. The molecule has 1 aromatic heterocycles. The number of carbonyl (C=O) groups is 1. The number of hydrogen-bond donors (Lipinski definition) is 0. The molecule has 23 heavy (non-hydrogen) atoms. The summed E-state index contributed by atoms with van der Waals surface area (Å²) < 4.78 is 37.5. The molecule has 2 rings (SSSR count). The van der Waals surface area contributed by atoms with Crippen LogP contribution in [-0.4, -0.2) is 17.6 Å². The van der Waals surface area contributed by atoms with Crippen LogP contribution >= 0.6 is 0 Å². The van der Waals surface area contributed by atoms with Gasteiger partial charge in [-0.25, -0.2) is 18.6 Å². The zero-order chi connectivity index (χ0) is 17.0. The highest BCUT2D eigenvalue weighted by Gasteiger charge is 2.21.